The van der Waals surface area contributed by atoms with Gasteiger partial charge in [0, 0.05) is 64.4 Å². The first-order chi connectivity index (χ1) is 33.1. The van der Waals surface area contributed by atoms with Crippen molar-refractivity contribution in [1.82, 2.24) is 4.57 Å². The fourth-order valence-corrected chi connectivity index (χ4v) is 14.8. The van der Waals surface area contributed by atoms with Crippen molar-refractivity contribution in [1.29, 1.82) is 0 Å². The van der Waals surface area contributed by atoms with E-state index in [1.54, 1.807) is 0 Å². The second-order valence-electron chi connectivity index (χ2n) is 25.4. The average Bonchev–Trinajstić information content (AvgIpc) is 3.99. The Morgan fingerprint density at radius 1 is 0.471 bits per heavy atom. The molecule has 0 saturated carbocycles. The second kappa shape index (κ2) is 13.3. The molecule has 0 fully saturated rings. The van der Waals surface area contributed by atoms with Crippen LogP contribution in [0.4, 0.5) is 11.4 Å². The number of thiophene rings is 1. The highest BCUT2D eigenvalue weighted by atomic mass is 32.1. The second-order valence-corrected chi connectivity index (χ2v) is 26.5. The van der Waals surface area contributed by atoms with Crippen LogP contribution in [-0.2, 0) is 27.1 Å². The predicted molar refractivity (Wildman–Crippen MR) is 304 cm³/mol. The molecule has 2 aliphatic heterocycles. The number of anilines is 2. The Morgan fingerprint density at radius 3 is 1.79 bits per heavy atom. The van der Waals surface area contributed by atoms with Crippen molar-refractivity contribution in [3.8, 4) is 39.1 Å². The third-order valence-corrected chi connectivity index (χ3v) is 18.5. The van der Waals surface area contributed by atoms with Crippen LogP contribution in [0.15, 0.2) is 133 Å². The molecule has 0 bridgehead atoms. The summed E-state index contributed by atoms with van der Waals surface area (Å²) in [4.78, 5) is 2.78. The molecule has 344 valence electrons. The van der Waals surface area contributed by atoms with E-state index in [1.807, 2.05) is 11.3 Å². The van der Waals surface area contributed by atoms with Crippen LogP contribution in [0, 0.1) is 0 Å². The number of aromatic nitrogens is 1. The van der Waals surface area contributed by atoms with Crippen LogP contribution in [0.3, 0.4) is 0 Å². The molecule has 8 aromatic carbocycles. The SMILES string of the molecule is CC(C)(C)c1ccc(N2B3c4cc5c(cc4-n4c6ccc(C(C)(C)C)cc6c6c7c(c(c3c64)-c3cc4c(cc32)sc2cc(C(C)(C)C)ccc24)C(C)(C)c2ccccc2-7)-c2ccccc2C5(C)C)cc1. The Morgan fingerprint density at radius 2 is 1.09 bits per heavy atom. The van der Waals surface area contributed by atoms with Crippen molar-refractivity contribution in [2.75, 3.05) is 4.81 Å². The fraction of sp³-hybridized carbons (Fsp3) is 0.273. The standard InChI is InChI=1S/C66H61BN2S/c1-62(2,3)36-22-26-39(27-23-36)69-52-35-55-44(41-28-24-38(64(7,8)9)31-54(41)70-55)32-46(52)58-59-56(42-19-15-17-21-48(42)66(59,12)13)57-45-30-37(63(4,5)6)25-29-51(45)68-53-33-43-40-18-14-16-20-47(40)65(10,11)49(43)34-50(53)67(69)60(58)61(57)68/h14-35H,1-13H3. The molecule has 2 nitrogen and oxygen atoms in total. The molecule has 0 N–H and O–H groups in total. The fourth-order valence-electron chi connectivity index (χ4n) is 13.7. The highest BCUT2D eigenvalue weighted by molar-refractivity contribution is 7.25. The molecule has 0 atom stereocenters. The molecule has 0 saturated heterocycles. The maximum Gasteiger partial charge on any atom is 0.333 e. The summed E-state index contributed by atoms with van der Waals surface area (Å²) in [6.45, 7) is 30.9. The highest BCUT2D eigenvalue weighted by Gasteiger charge is 2.51. The maximum atomic E-state index is 2.78. The summed E-state index contributed by atoms with van der Waals surface area (Å²) >= 11 is 1.96. The largest absolute Gasteiger partial charge is 0.376 e. The van der Waals surface area contributed by atoms with Crippen LogP contribution in [0.1, 0.15) is 129 Å². The van der Waals surface area contributed by atoms with E-state index in [-0.39, 0.29) is 33.9 Å². The van der Waals surface area contributed by atoms with E-state index in [2.05, 4.69) is 233 Å². The van der Waals surface area contributed by atoms with Crippen molar-refractivity contribution in [3.63, 3.8) is 0 Å². The summed E-state index contributed by atoms with van der Waals surface area (Å²) in [5.41, 5.74) is 26.9. The molecule has 4 heteroatoms. The zero-order valence-corrected chi connectivity index (χ0v) is 43.9. The van der Waals surface area contributed by atoms with E-state index in [9.17, 15) is 0 Å². The summed E-state index contributed by atoms with van der Waals surface area (Å²) in [7, 11) is 0. The molecule has 2 aromatic heterocycles. The summed E-state index contributed by atoms with van der Waals surface area (Å²) in [5.74, 6) is 0. The lowest BCUT2D eigenvalue weighted by atomic mass is 9.43. The van der Waals surface area contributed by atoms with Crippen molar-refractivity contribution in [2.24, 2.45) is 0 Å². The van der Waals surface area contributed by atoms with Crippen molar-refractivity contribution in [3.05, 3.63) is 172 Å². The van der Waals surface area contributed by atoms with E-state index >= 15 is 0 Å². The van der Waals surface area contributed by atoms with Gasteiger partial charge in [0.05, 0.1) is 11.0 Å². The van der Waals surface area contributed by atoms with Gasteiger partial charge in [0.2, 0.25) is 0 Å². The van der Waals surface area contributed by atoms with Crippen molar-refractivity contribution >= 4 is 82.5 Å². The normalized spacial score (nSPS) is 16.0. The van der Waals surface area contributed by atoms with Gasteiger partial charge in [-0.1, -0.05) is 175 Å². The van der Waals surface area contributed by atoms with Crippen LogP contribution in [0.2, 0.25) is 0 Å². The zero-order valence-electron chi connectivity index (χ0n) is 43.1. The average molecular weight is 925 g/mol. The third-order valence-electron chi connectivity index (χ3n) is 17.4. The quantitative estimate of drug-likeness (QED) is 0.149. The van der Waals surface area contributed by atoms with E-state index in [4.69, 9.17) is 0 Å². The number of hydrogen-bond donors (Lipinski definition) is 0. The molecule has 2 aliphatic carbocycles. The van der Waals surface area contributed by atoms with Gasteiger partial charge in [-0.3, -0.25) is 0 Å². The molecule has 0 unspecified atom stereocenters. The van der Waals surface area contributed by atoms with Crippen LogP contribution >= 0.6 is 11.3 Å². The number of hydrogen-bond acceptors (Lipinski definition) is 2. The van der Waals surface area contributed by atoms with Crippen LogP contribution in [-0.4, -0.2) is 11.4 Å². The first-order valence-corrected chi connectivity index (χ1v) is 26.4. The minimum atomic E-state index is -0.268. The summed E-state index contributed by atoms with van der Waals surface area (Å²) in [5, 5.41) is 5.44. The molecule has 10 aromatic rings. The van der Waals surface area contributed by atoms with Crippen LogP contribution in [0.5, 0.6) is 0 Å². The maximum absolute atomic E-state index is 2.78. The van der Waals surface area contributed by atoms with Crippen molar-refractivity contribution < 1.29 is 0 Å². The van der Waals surface area contributed by atoms with Gasteiger partial charge in [0.25, 0.3) is 0 Å². The Balaban J connectivity index is 1.22. The van der Waals surface area contributed by atoms with E-state index in [1.165, 1.54) is 142 Å². The van der Waals surface area contributed by atoms with Gasteiger partial charge in [-0.15, -0.1) is 11.3 Å². The predicted octanol–water partition coefficient (Wildman–Crippen LogP) is 16.9. The van der Waals surface area contributed by atoms with Crippen LogP contribution in [0.25, 0.3) is 81.0 Å². The van der Waals surface area contributed by atoms with E-state index < -0.39 is 0 Å². The Kier molecular flexibility index (Phi) is 8.10. The zero-order chi connectivity index (χ0) is 48.5. The lowest BCUT2D eigenvalue weighted by Gasteiger charge is -2.44. The molecule has 0 radical (unpaired) electrons. The molecule has 70 heavy (non-hydrogen) atoms. The van der Waals surface area contributed by atoms with Crippen molar-refractivity contribution in [2.45, 2.75) is 117 Å². The number of fused-ring (bicyclic) bond motifs is 19. The Bertz CT molecular complexity index is 4000. The van der Waals surface area contributed by atoms with Gasteiger partial charge in [0.15, 0.2) is 0 Å². The molecule has 14 rings (SSSR count). The lowest BCUT2D eigenvalue weighted by Crippen LogP contribution is -2.61. The van der Waals surface area contributed by atoms with Gasteiger partial charge in [-0.2, -0.15) is 0 Å². The van der Waals surface area contributed by atoms with E-state index in [0.717, 1.165) is 0 Å². The number of rotatable bonds is 1. The lowest BCUT2D eigenvalue weighted by molar-refractivity contribution is 0.590. The first-order valence-electron chi connectivity index (χ1n) is 25.6. The molecular formula is C66H61BN2S. The van der Waals surface area contributed by atoms with Gasteiger partial charge in [0.1, 0.15) is 0 Å². The van der Waals surface area contributed by atoms with E-state index in [0.29, 0.717) is 0 Å². The molecule has 0 spiro atoms. The monoisotopic (exact) mass is 924 g/mol. The minimum absolute atomic E-state index is 0.0226. The van der Waals surface area contributed by atoms with Gasteiger partial charge in [-0.25, -0.2) is 0 Å². The Hall–Kier alpha value is -6.36. The molecule has 4 heterocycles. The first kappa shape index (κ1) is 42.5. The summed E-state index contributed by atoms with van der Waals surface area (Å²) in [6.07, 6.45) is 0. The van der Waals surface area contributed by atoms with Gasteiger partial charge < -0.3 is 9.38 Å². The third kappa shape index (κ3) is 5.36. The number of nitrogens with zero attached hydrogens (tertiary/aromatic N) is 2. The highest BCUT2D eigenvalue weighted by Crippen LogP contribution is 2.60. The van der Waals surface area contributed by atoms with Gasteiger partial charge in [-0.05, 0) is 142 Å². The van der Waals surface area contributed by atoms with Gasteiger partial charge >= 0.3 is 6.85 Å². The topological polar surface area (TPSA) is 8.17 Å². The smallest absolute Gasteiger partial charge is 0.333 e. The molecule has 4 aliphatic rings. The molecular weight excluding hydrogens is 864 g/mol. The molecule has 0 amide bonds. The Labute approximate surface area is 418 Å². The number of benzene rings is 8. The summed E-state index contributed by atoms with van der Waals surface area (Å²) < 4.78 is 5.42. The summed E-state index contributed by atoms with van der Waals surface area (Å²) in [6, 6.07) is 53.3. The van der Waals surface area contributed by atoms with Crippen LogP contribution < -0.4 is 15.7 Å². The minimum Gasteiger partial charge on any atom is -0.376 e.